The maximum atomic E-state index is 13.4. The van der Waals surface area contributed by atoms with Crippen LogP contribution in [-0.2, 0) is 4.79 Å². The molecule has 3 nitrogen and oxygen atoms in total. The van der Waals surface area contributed by atoms with Crippen LogP contribution in [0.1, 0.15) is 12.8 Å². The first kappa shape index (κ1) is 13.9. The van der Waals surface area contributed by atoms with E-state index in [1.54, 1.807) is 6.07 Å². The molecule has 0 atom stereocenters. The summed E-state index contributed by atoms with van der Waals surface area (Å²) in [4.78, 5) is 14.3. The molecule has 1 heterocycles. The van der Waals surface area contributed by atoms with Gasteiger partial charge >= 0.3 is 0 Å². The van der Waals surface area contributed by atoms with Crippen molar-refractivity contribution in [1.29, 1.82) is 0 Å². The Kier molecular flexibility index (Phi) is 4.71. The van der Waals surface area contributed by atoms with E-state index in [2.05, 4.69) is 0 Å². The minimum atomic E-state index is -0.291. The molecule has 0 aliphatic carbocycles. The molecule has 18 heavy (non-hydrogen) atoms. The third-order valence-corrected chi connectivity index (χ3v) is 4.75. The summed E-state index contributed by atoms with van der Waals surface area (Å²) in [5.74, 6) is 0.140. The number of benzene rings is 1. The second-order valence-electron chi connectivity index (χ2n) is 4.18. The van der Waals surface area contributed by atoms with Crippen molar-refractivity contribution in [2.75, 3.05) is 24.6 Å². The van der Waals surface area contributed by atoms with Gasteiger partial charge in [-0.15, -0.1) is 11.8 Å². The average Bonchev–Trinajstić information content (AvgIpc) is 2.85. The summed E-state index contributed by atoms with van der Waals surface area (Å²) in [5, 5.41) is 0. The molecule has 98 valence electrons. The first-order valence-corrected chi connectivity index (χ1v) is 7.79. The van der Waals surface area contributed by atoms with Gasteiger partial charge in [0.1, 0.15) is 5.82 Å². The van der Waals surface area contributed by atoms with Gasteiger partial charge in [-0.3, -0.25) is 4.79 Å². The molecule has 1 saturated heterocycles. The lowest BCUT2D eigenvalue weighted by Gasteiger charge is -2.15. The number of nitrogen functional groups attached to an aromatic ring is 1. The molecule has 1 fully saturated rings. The van der Waals surface area contributed by atoms with Crippen LogP contribution in [0.25, 0.3) is 0 Å². The molecular formula is C12H14FIN2OS. The molecule has 1 aliphatic rings. The number of halogens is 2. The molecule has 1 amide bonds. The lowest BCUT2D eigenvalue weighted by Crippen LogP contribution is -2.29. The Bertz CT molecular complexity index is 464. The Labute approximate surface area is 123 Å². The fourth-order valence-electron chi connectivity index (χ4n) is 1.87. The predicted molar refractivity (Wildman–Crippen MR) is 80.1 cm³/mol. The lowest BCUT2D eigenvalue weighted by molar-refractivity contribution is -0.127. The third kappa shape index (κ3) is 3.28. The highest BCUT2D eigenvalue weighted by atomic mass is 127. The van der Waals surface area contributed by atoms with Gasteiger partial charge in [-0.1, -0.05) is 0 Å². The maximum Gasteiger partial charge on any atom is 0.232 e. The van der Waals surface area contributed by atoms with Crippen LogP contribution in [0.15, 0.2) is 17.0 Å². The fraction of sp³-hybridized carbons (Fsp3) is 0.417. The zero-order valence-electron chi connectivity index (χ0n) is 9.79. The summed E-state index contributed by atoms with van der Waals surface area (Å²) in [7, 11) is 0. The van der Waals surface area contributed by atoms with E-state index < -0.39 is 0 Å². The van der Waals surface area contributed by atoms with Gasteiger partial charge in [-0.2, -0.15) is 0 Å². The molecule has 0 spiro atoms. The van der Waals surface area contributed by atoms with Gasteiger partial charge in [-0.05, 0) is 47.6 Å². The number of rotatable bonds is 3. The molecular weight excluding hydrogens is 366 g/mol. The normalized spacial score (nSPS) is 15.1. The van der Waals surface area contributed by atoms with Crippen LogP contribution in [0, 0.1) is 9.39 Å². The smallest absolute Gasteiger partial charge is 0.232 e. The van der Waals surface area contributed by atoms with E-state index in [0.717, 1.165) is 25.9 Å². The Morgan fingerprint density at radius 3 is 2.78 bits per heavy atom. The van der Waals surface area contributed by atoms with Crippen LogP contribution in [0.3, 0.4) is 0 Å². The number of nitrogens with two attached hydrogens (primary N) is 1. The van der Waals surface area contributed by atoms with Gasteiger partial charge in [0.2, 0.25) is 5.91 Å². The standard InChI is InChI=1S/C12H14FIN2OS/c13-8-5-11(10(15)6-9(8)14)18-7-12(17)16-3-1-2-4-16/h5-6H,1-4,7,15H2. The van der Waals surface area contributed by atoms with Gasteiger partial charge < -0.3 is 10.6 Å². The number of carbonyl (C=O) groups is 1. The molecule has 0 radical (unpaired) electrons. The summed E-state index contributed by atoms with van der Waals surface area (Å²) in [6.07, 6.45) is 2.16. The van der Waals surface area contributed by atoms with E-state index >= 15 is 0 Å². The van der Waals surface area contributed by atoms with Crippen LogP contribution in [0.2, 0.25) is 0 Å². The topological polar surface area (TPSA) is 46.3 Å². The van der Waals surface area contributed by atoms with Crippen molar-refractivity contribution in [2.24, 2.45) is 0 Å². The SMILES string of the molecule is Nc1cc(I)c(F)cc1SCC(=O)N1CCCC1. The van der Waals surface area contributed by atoms with Crippen LogP contribution in [0.5, 0.6) is 0 Å². The molecule has 2 N–H and O–H groups in total. The van der Waals surface area contributed by atoms with Gasteiger partial charge in [0.25, 0.3) is 0 Å². The Balaban J connectivity index is 1.97. The number of carbonyl (C=O) groups excluding carboxylic acids is 1. The largest absolute Gasteiger partial charge is 0.398 e. The van der Waals surface area contributed by atoms with Crippen molar-refractivity contribution in [1.82, 2.24) is 4.90 Å². The van der Waals surface area contributed by atoms with E-state index in [0.29, 0.717) is 19.9 Å². The van der Waals surface area contributed by atoms with Gasteiger partial charge in [0.05, 0.1) is 9.32 Å². The quantitative estimate of drug-likeness (QED) is 0.498. The summed E-state index contributed by atoms with van der Waals surface area (Å²) >= 11 is 3.21. The highest BCUT2D eigenvalue weighted by molar-refractivity contribution is 14.1. The number of thioether (sulfide) groups is 1. The number of anilines is 1. The zero-order chi connectivity index (χ0) is 13.1. The van der Waals surface area contributed by atoms with Crippen molar-refractivity contribution >= 4 is 45.9 Å². The first-order chi connectivity index (χ1) is 8.58. The zero-order valence-corrected chi connectivity index (χ0v) is 12.8. The van der Waals surface area contributed by atoms with E-state index in [-0.39, 0.29) is 11.7 Å². The van der Waals surface area contributed by atoms with Crippen LogP contribution in [0.4, 0.5) is 10.1 Å². The molecule has 0 unspecified atom stereocenters. The molecule has 1 aliphatic heterocycles. The molecule has 2 rings (SSSR count). The fourth-order valence-corrected chi connectivity index (χ4v) is 3.23. The van der Waals surface area contributed by atoms with Crippen molar-refractivity contribution in [3.63, 3.8) is 0 Å². The van der Waals surface area contributed by atoms with Crippen molar-refractivity contribution in [2.45, 2.75) is 17.7 Å². The lowest BCUT2D eigenvalue weighted by atomic mass is 10.3. The second kappa shape index (κ2) is 6.10. The van der Waals surface area contributed by atoms with Crippen molar-refractivity contribution in [3.05, 3.63) is 21.5 Å². The summed E-state index contributed by atoms with van der Waals surface area (Å²) in [6, 6.07) is 3.00. The van der Waals surface area contributed by atoms with E-state index in [4.69, 9.17) is 5.73 Å². The van der Waals surface area contributed by atoms with Gasteiger partial charge in [0.15, 0.2) is 0 Å². The highest BCUT2D eigenvalue weighted by Gasteiger charge is 2.18. The monoisotopic (exact) mass is 380 g/mol. The van der Waals surface area contributed by atoms with E-state index in [1.807, 2.05) is 27.5 Å². The van der Waals surface area contributed by atoms with Crippen LogP contribution in [-0.4, -0.2) is 29.6 Å². The number of nitrogens with zero attached hydrogens (tertiary/aromatic N) is 1. The summed E-state index contributed by atoms with van der Waals surface area (Å²) in [6.45, 7) is 1.69. The minimum absolute atomic E-state index is 0.107. The maximum absolute atomic E-state index is 13.4. The second-order valence-corrected chi connectivity index (χ2v) is 6.36. The average molecular weight is 380 g/mol. The number of hydrogen-bond acceptors (Lipinski definition) is 3. The van der Waals surface area contributed by atoms with Gasteiger partial charge in [-0.25, -0.2) is 4.39 Å². The summed E-state index contributed by atoms with van der Waals surface area (Å²) in [5.41, 5.74) is 6.34. The molecule has 0 aromatic heterocycles. The van der Waals surface area contributed by atoms with Crippen LogP contribution < -0.4 is 5.73 Å². The number of likely N-dealkylation sites (tertiary alicyclic amines) is 1. The number of hydrogen-bond donors (Lipinski definition) is 1. The third-order valence-electron chi connectivity index (χ3n) is 2.86. The molecule has 0 saturated carbocycles. The highest BCUT2D eigenvalue weighted by Crippen LogP contribution is 2.29. The molecule has 1 aromatic carbocycles. The van der Waals surface area contributed by atoms with E-state index in [9.17, 15) is 9.18 Å². The number of amides is 1. The Morgan fingerprint density at radius 2 is 2.11 bits per heavy atom. The Hall–Kier alpha value is -0.500. The van der Waals surface area contributed by atoms with Crippen molar-refractivity contribution < 1.29 is 9.18 Å². The van der Waals surface area contributed by atoms with Gasteiger partial charge in [0, 0.05) is 23.7 Å². The summed E-state index contributed by atoms with van der Waals surface area (Å²) < 4.78 is 13.9. The van der Waals surface area contributed by atoms with E-state index in [1.165, 1.54) is 17.8 Å². The Morgan fingerprint density at radius 1 is 1.44 bits per heavy atom. The van der Waals surface area contributed by atoms with Crippen molar-refractivity contribution in [3.8, 4) is 0 Å². The predicted octanol–water partition coefficient (Wildman–Crippen LogP) is 2.73. The van der Waals surface area contributed by atoms with Crippen LogP contribution >= 0.6 is 34.4 Å². The molecule has 0 bridgehead atoms. The first-order valence-electron chi connectivity index (χ1n) is 5.73. The molecule has 1 aromatic rings. The minimum Gasteiger partial charge on any atom is -0.398 e. The molecule has 6 heteroatoms.